The van der Waals surface area contributed by atoms with E-state index in [1.807, 2.05) is 0 Å². The van der Waals surface area contributed by atoms with Gasteiger partial charge in [-0.1, -0.05) is 46.1 Å². The fraction of sp³-hybridized carbons (Fsp3) is 0.438. The number of nitrogens with one attached hydrogen (secondary N) is 1. The van der Waals surface area contributed by atoms with Crippen molar-refractivity contribution in [1.29, 1.82) is 0 Å². The fourth-order valence-corrected chi connectivity index (χ4v) is 4.40. The van der Waals surface area contributed by atoms with E-state index in [1.54, 1.807) is 0 Å². The van der Waals surface area contributed by atoms with Crippen LogP contribution in [0.2, 0.25) is 15.1 Å². The van der Waals surface area contributed by atoms with Gasteiger partial charge in [-0.25, -0.2) is 4.98 Å². The van der Waals surface area contributed by atoms with Crippen molar-refractivity contribution in [2.75, 3.05) is 18.4 Å². The third-order valence-electron chi connectivity index (χ3n) is 3.69. The maximum atomic E-state index is 13.4. The highest BCUT2D eigenvalue weighted by molar-refractivity contribution is 7.15. The Labute approximate surface area is 194 Å². The van der Waals surface area contributed by atoms with E-state index in [1.165, 1.54) is 12.1 Å². The molecule has 0 fully saturated rings. The van der Waals surface area contributed by atoms with Gasteiger partial charge in [0.05, 0.1) is 33.6 Å². The van der Waals surface area contributed by atoms with E-state index in [0.29, 0.717) is 11.3 Å². The molecule has 1 heterocycles. The van der Waals surface area contributed by atoms with Crippen molar-refractivity contribution < 1.29 is 39.5 Å². The number of hydrogen-bond acceptors (Lipinski definition) is 4. The summed E-state index contributed by atoms with van der Waals surface area (Å²) in [5, 5.41) is 2.00. The van der Waals surface area contributed by atoms with E-state index in [-0.39, 0.29) is 25.7 Å². The van der Waals surface area contributed by atoms with Gasteiger partial charge in [0.2, 0.25) is 0 Å². The van der Waals surface area contributed by atoms with Gasteiger partial charge in [-0.05, 0) is 12.1 Å². The normalized spacial score (nSPS) is 13.2. The fourth-order valence-electron chi connectivity index (χ4n) is 2.46. The molecule has 0 saturated heterocycles. The summed E-state index contributed by atoms with van der Waals surface area (Å²) < 4.78 is 116. The zero-order chi connectivity index (χ0) is 24.5. The van der Waals surface area contributed by atoms with Gasteiger partial charge in [-0.2, -0.15) is 39.5 Å². The number of aromatic nitrogens is 1. The molecular weight excluding hydrogens is 544 g/mol. The summed E-state index contributed by atoms with van der Waals surface area (Å²) >= 11 is 17.9. The Kier molecular flexibility index (Phi) is 8.47. The molecular formula is C16H11Cl3F9N3S. The summed E-state index contributed by atoms with van der Waals surface area (Å²) in [5.74, 6) is 0. The van der Waals surface area contributed by atoms with Gasteiger partial charge >= 0.3 is 18.5 Å². The first-order chi connectivity index (χ1) is 14.4. The second kappa shape index (κ2) is 10.00. The van der Waals surface area contributed by atoms with Crippen molar-refractivity contribution >= 4 is 57.0 Å². The molecule has 16 heteroatoms. The van der Waals surface area contributed by atoms with Crippen molar-refractivity contribution in [2.24, 2.45) is 0 Å². The summed E-state index contributed by atoms with van der Waals surface area (Å²) in [6.07, 6.45) is -16.4. The Balaban J connectivity index is 2.37. The van der Waals surface area contributed by atoms with Crippen LogP contribution in [0.15, 0.2) is 12.1 Å². The minimum Gasteiger partial charge on any atom is -0.329 e. The third kappa shape index (κ3) is 8.32. The Bertz CT molecular complexity index is 919. The van der Waals surface area contributed by atoms with Crippen molar-refractivity contribution in [2.45, 2.75) is 31.5 Å². The molecule has 0 unspecified atom stereocenters. The number of halogens is 12. The molecule has 0 amide bonds. The van der Waals surface area contributed by atoms with Gasteiger partial charge in [-0.15, -0.1) is 0 Å². The first-order valence-electron chi connectivity index (χ1n) is 8.29. The van der Waals surface area contributed by atoms with E-state index >= 15 is 0 Å². The number of nitrogens with zero attached hydrogens (tertiary/aromatic N) is 2. The lowest BCUT2D eigenvalue weighted by Crippen LogP contribution is -2.36. The molecule has 0 aliphatic heterocycles. The number of thiazole rings is 1. The average Bonchev–Trinajstić information content (AvgIpc) is 2.97. The number of hydrogen-bond donors (Lipinski definition) is 1. The van der Waals surface area contributed by atoms with E-state index in [4.69, 9.17) is 34.8 Å². The largest absolute Gasteiger partial charge is 0.434 e. The van der Waals surface area contributed by atoms with Crippen LogP contribution in [-0.2, 0) is 12.7 Å². The Morgan fingerprint density at radius 3 is 1.94 bits per heavy atom. The monoisotopic (exact) mass is 553 g/mol. The van der Waals surface area contributed by atoms with Crippen molar-refractivity contribution in [3.8, 4) is 0 Å². The van der Waals surface area contributed by atoms with E-state index in [2.05, 4.69) is 10.3 Å². The second-order valence-electron chi connectivity index (χ2n) is 6.35. The van der Waals surface area contributed by atoms with Crippen LogP contribution in [0.5, 0.6) is 0 Å². The molecule has 32 heavy (non-hydrogen) atoms. The summed E-state index contributed by atoms with van der Waals surface area (Å²) in [4.78, 5) is 2.85. The number of benzene rings is 1. The smallest absolute Gasteiger partial charge is 0.329 e. The lowest BCUT2D eigenvalue weighted by Gasteiger charge is -2.24. The summed E-state index contributed by atoms with van der Waals surface area (Å²) in [6, 6.07) is 2.47. The van der Waals surface area contributed by atoms with Crippen molar-refractivity contribution in [1.82, 2.24) is 9.88 Å². The molecule has 0 aliphatic rings. The van der Waals surface area contributed by atoms with E-state index in [9.17, 15) is 39.5 Å². The Morgan fingerprint density at radius 2 is 1.47 bits per heavy atom. The lowest BCUT2D eigenvalue weighted by molar-refractivity contribution is -0.162. The van der Waals surface area contributed by atoms with Crippen LogP contribution in [0.1, 0.15) is 17.0 Å². The van der Waals surface area contributed by atoms with Gasteiger partial charge in [0, 0.05) is 18.1 Å². The Morgan fingerprint density at radius 1 is 0.906 bits per heavy atom. The SMILES string of the molecule is FC(F)(F)CCN(Cc1sc(Nc2c(Cl)cc(Cl)cc2Cl)nc1C(F)(F)F)CC(F)(F)F. The quantitative estimate of drug-likeness (QED) is 0.350. The molecule has 2 rings (SSSR count). The number of rotatable bonds is 7. The van der Waals surface area contributed by atoms with E-state index < -0.39 is 60.3 Å². The van der Waals surface area contributed by atoms with Crippen LogP contribution < -0.4 is 5.32 Å². The standard InChI is InChI=1S/C16H11Cl3F9N3S/c17-7-3-8(18)11(9(19)4-7)29-13-30-12(16(26,27)28)10(32-13)5-31(6-15(23,24)25)2-1-14(20,21)22/h3-4H,1-2,5-6H2,(H,29,30). The van der Waals surface area contributed by atoms with Crippen LogP contribution in [0.25, 0.3) is 0 Å². The zero-order valence-electron chi connectivity index (χ0n) is 15.3. The maximum Gasteiger partial charge on any atom is 0.434 e. The summed E-state index contributed by atoms with van der Waals surface area (Å²) in [6.45, 7) is -4.06. The van der Waals surface area contributed by atoms with Gasteiger partial charge in [0.25, 0.3) is 0 Å². The second-order valence-corrected chi connectivity index (χ2v) is 8.68. The van der Waals surface area contributed by atoms with Crippen LogP contribution >= 0.6 is 46.1 Å². The predicted molar refractivity (Wildman–Crippen MR) is 104 cm³/mol. The molecule has 2 aromatic rings. The first kappa shape index (κ1) is 27.1. The Hall–Kier alpha value is -1.15. The molecule has 0 radical (unpaired) electrons. The molecule has 0 bridgehead atoms. The minimum atomic E-state index is -5.08. The molecule has 1 aromatic carbocycles. The molecule has 1 N–H and O–H groups in total. The van der Waals surface area contributed by atoms with Crippen LogP contribution in [0.3, 0.4) is 0 Å². The minimum absolute atomic E-state index is 0.0593. The molecule has 180 valence electrons. The van der Waals surface area contributed by atoms with Gasteiger partial charge < -0.3 is 5.32 Å². The molecule has 0 atom stereocenters. The predicted octanol–water partition coefficient (Wildman–Crippen LogP) is 8.18. The molecule has 0 spiro atoms. The van der Waals surface area contributed by atoms with Gasteiger partial charge in [0.15, 0.2) is 10.8 Å². The summed E-state index contributed by atoms with van der Waals surface area (Å²) in [7, 11) is 0. The van der Waals surface area contributed by atoms with Crippen molar-refractivity contribution in [3.63, 3.8) is 0 Å². The maximum absolute atomic E-state index is 13.4. The lowest BCUT2D eigenvalue weighted by atomic mass is 10.3. The summed E-state index contributed by atoms with van der Waals surface area (Å²) in [5.41, 5.74) is -1.60. The van der Waals surface area contributed by atoms with E-state index in [0.717, 1.165) is 0 Å². The van der Waals surface area contributed by atoms with Gasteiger partial charge in [-0.3, -0.25) is 4.90 Å². The highest BCUT2D eigenvalue weighted by Gasteiger charge is 2.40. The average molecular weight is 555 g/mol. The van der Waals surface area contributed by atoms with Crippen LogP contribution in [0, 0.1) is 0 Å². The zero-order valence-corrected chi connectivity index (χ0v) is 18.4. The highest BCUT2D eigenvalue weighted by Crippen LogP contribution is 2.41. The molecule has 0 aliphatic carbocycles. The van der Waals surface area contributed by atoms with Crippen LogP contribution in [-0.4, -0.2) is 35.3 Å². The third-order valence-corrected chi connectivity index (χ3v) is 5.46. The molecule has 1 aromatic heterocycles. The molecule has 0 saturated carbocycles. The van der Waals surface area contributed by atoms with Gasteiger partial charge in [0.1, 0.15) is 0 Å². The first-order valence-corrected chi connectivity index (χ1v) is 10.2. The number of alkyl halides is 9. The number of anilines is 2. The van der Waals surface area contributed by atoms with Crippen molar-refractivity contribution in [3.05, 3.63) is 37.8 Å². The van der Waals surface area contributed by atoms with Crippen LogP contribution in [0.4, 0.5) is 50.3 Å². The highest BCUT2D eigenvalue weighted by atomic mass is 35.5. The topological polar surface area (TPSA) is 28.2 Å². The molecule has 3 nitrogen and oxygen atoms in total.